The minimum Gasteiger partial charge on any atom is -0.483 e. The monoisotopic (exact) mass is 876 g/mol. The van der Waals surface area contributed by atoms with Gasteiger partial charge in [-0.15, -0.1) is 0 Å². The second-order valence-corrected chi connectivity index (χ2v) is 16.5. The van der Waals surface area contributed by atoms with E-state index in [1.54, 1.807) is 20.8 Å². The predicted molar refractivity (Wildman–Crippen MR) is 233 cm³/mol. The van der Waals surface area contributed by atoms with Crippen molar-refractivity contribution in [2.24, 2.45) is 23.7 Å². The molecule has 1 saturated heterocycles. The number of aliphatic carboxylic acids is 1. The predicted octanol–water partition coefficient (Wildman–Crippen LogP) is 8.98. The third-order valence-electron chi connectivity index (χ3n) is 11.4. The van der Waals surface area contributed by atoms with E-state index in [9.17, 15) is 24.8 Å². The summed E-state index contributed by atoms with van der Waals surface area (Å²) in [5.41, 5.74) is -0.623. The molecule has 0 amide bonds. The lowest BCUT2D eigenvalue weighted by molar-refractivity contribution is -0.384. The van der Waals surface area contributed by atoms with E-state index >= 15 is 0 Å². The number of nitro benzene ring substituents is 1. The molecule has 0 saturated carbocycles. The topological polar surface area (TPSA) is 184 Å². The first-order valence-electron chi connectivity index (χ1n) is 22.2. The SMILES string of the molecule is CCOC(C)OC1CCC(C)(OC(C)OCC)C(Oc2ccc([N+](=O)[O-])cc2)/C=C/C(C)C(/C(C)=C/C=C/C(C)CC2OC2C(C)C(CC)OC(C)OCC)OC(=O)C1C(=O)O. The molecule has 0 aromatic heterocycles. The molecule has 0 aliphatic carbocycles. The van der Waals surface area contributed by atoms with Crippen molar-refractivity contribution in [3.05, 3.63) is 70.3 Å². The van der Waals surface area contributed by atoms with Crippen LogP contribution in [0.4, 0.5) is 5.69 Å². The number of benzene rings is 1. The standard InChI is InChI=1S/C47H73NO14/c1-13-38(57-33(9)54-14-2)32(8)44-40(60-44)28-29(5)18-17-19-30(6)43-31(7)20-25-41(59-37-23-21-36(22-24-37)48(52)53)47(12,62-35(11)56-16-4)27-26-39(58-34(10)55-15-3)42(45(49)50)46(51)61-43/h17-25,29,31-35,38-44H,13-16,26-28H2,1-12H3,(H,49,50)/b18-17+,25-20+,30-19+. The van der Waals surface area contributed by atoms with Crippen LogP contribution in [0.5, 0.6) is 5.75 Å². The van der Waals surface area contributed by atoms with Crippen molar-refractivity contribution in [1.29, 1.82) is 0 Å². The number of hydrogen-bond donors (Lipinski definition) is 1. The smallest absolute Gasteiger partial charge is 0.323 e. The van der Waals surface area contributed by atoms with E-state index in [4.69, 9.17) is 42.6 Å². The van der Waals surface area contributed by atoms with Crippen LogP contribution >= 0.6 is 0 Å². The summed E-state index contributed by atoms with van der Waals surface area (Å²) in [6.45, 7) is 24.0. The number of carboxylic acid groups (broad SMARTS) is 1. The van der Waals surface area contributed by atoms with Crippen LogP contribution in [0.3, 0.4) is 0 Å². The second-order valence-electron chi connectivity index (χ2n) is 16.5. The first-order chi connectivity index (χ1) is 29.4. The summed E-state index contributed by atoms with van der Waals surface area (Å²) in [5.74, 6) is -3.84. The Morgan fingerprint density at radius 3 is 2.21 bits per heavy atom. The van der Waals surface area contributed by atoms with Crippen molar-refractivity contribution >= 4 is 17.6 Å². The van der Waals surface area contributed by atoms with Gasteiger partial charge in [-0.05, 0) is 111 Å². The molecule has 3 rings (SSSR count). The molecule has 2 heterocycles. The summed E-state index contributed by atoms with van der Waals surface area (Å²) in [7, 11) is 0. The number of rotatable bonds is 24. The first kappa shape index (κ1) is 52.6. The van der Waals surface area contributed by atoms with Crippen LogP contribution in [0, 0.1) is 33.8 Å². The average molecular weight is 876 g/mol. The molecule has 350 valence electrons. The summed E-state index contributed by atoms with van der Waals surface area (Å²) >= 11 is 0. The lowest BCUT2D eigenvalue weighted by Crippen LogP contribution is -2.49. The van der Waals surface area contributed by atoms with Crippen LogP contribution in [-0.4, -0.2) is 103 Å². The maximum absolute atomic E-state index is 14.1. The fourth-order valence-corrected chi connectivity index (χ4v) is 8.01. The highest BCUT2D eigenvalue weighted by Gasteiger charge is 2.47. The summed E-state index contributed by atoms with van der Waals surface area (Å²) in [4.78, 5) is 38.0. The van der Waals surface area contributed by atoms with E-state index in [0.29, 0.717) is 31.1 Å². The number of nitrogens with zero attached hydrogens (tertiary/aromatic N) is 1. The van der Waals surface area contributed by atoms with Crippen LogP contribution in [0.15, 0.2) is 60.2 Å². The first-order valence-corrected chi connectivity index (χ1v) is 22.2. The number of ether oxygens (including phenoxy) is 9. The molecule has 2 aliphatic heterocycles. The minimum absolute atomic E-state index is 0.0192. The van der Waals surface area contributed by atoms with Gasteiger partial charge in [0.1, 0.15) is 23.6 Å². The number of hydrogen-bond acceptors (Lipinski definition) is 13. The van der Waals surface area contributed by atoms with E-state index in [2.05, 4.69) is 26.8 Å². The van der Waals surface area contributed by atoms with Gasteiger partial charge in [-0.1, -0.05) is 52.0 Å². The molecule has 62 heavy (non-hydrogen) atoms. The van der Waals surface area contributed by atoms with Gasteiger partial charge in [0.15, 0.2) is 24.8 Å². The maximum Gasteiger partial charge on any atom is 0.323 e. The summed E-state index contributed by atoms with van der Waals surface area (Å²) in [6.07, 6.45) is 6.83. The Hall–Kier alpha value is -3.70. The van der Waals surface area contributed by atoms with Gasteiger partial charge >= 0.3 is 11.9 Å². The molecule has 1 N–H and O–H groups in total. The van der Waals surface area contributed by atoms with Gasteiger partial charge in [0.05, 0.1) is 29.3 Å². The highest BCUT2D eigenvalue weighted by molar-refractivity contribution is 5.94. The molecule has 15 heteroatoms. The van der Waals surface area contributed by atoms with E-state index in [0.717, 1.165) is 12.8 Å². The zero-order valence-electron chi connectivity index (χ0n) is 38.9. The highest BCUT2D eigenvalue weighted by atomic mass is 16.7. The second kappa shape index (κ2) is 25.6. The van der Waals surface area contributed by atoms with Crippen LogP contribution in [0.25, 0.3) is 0 Å². The van der Waals surface area contributed by atoms with Gasteiger partial charge < -0.3 is 47.7 Å². The normalized spacial score (nSPS) is 29.6. The Morgan fingerprint density at radius 2 is 1.61 bits per heavy atom. The average Bonchev–Trinajstić information content (AvgIpc) is 3.97. The van der Waals surface area contributed by atoms with Gasteiger partial charge in [-0.25, -0.2) is 0 Å². The Balaban J connectivity index is 1.99. The highest BCUT2D eigenvalue weighted by Crippen LogP contribution is 2.38. The number of non-ortho nitro benzene ring substituents is 1. The number of esters is 1. The molecule has 15 nitrogen and oxygen atoms in total. The molecule has 1 fully saturated rings. The number of carbonyl (C=O) groups is 2. The molecular formula is C47H73NO14. The van der Waals surface area contributed by atoms with E-state index in [1.165, 1.54) is 24.3 Å². The van der Waals surface area contributed by atoms with Gasteiger partial charge in [-0.3, -0.25) is 19.7 Å². The molecule has 0 radical (unpaired) electrons. The van der Waals surface area contributed by atoms with Crippen molar-refractivity contribution in [2.75, 3.05) is 19.8 Å². The van der Waals surface area contributed by atoms with Gasteiger partial charge in [0.2, 0.25) is 0 Å². The number of carboxylic acids is 1. The van der Waals surface area contributed by atoms with Crippen LogP contribution < -0.4 is 4.74 Å². The Bertz CT molecular complexity index is 1630. The Kier molecular flexibility index (Phi) is 21.7. The number of allylic oxidation sites excluding steroid dienone is 3. The number of epoxide rings is 1. The zero-order chi connectivity index (χ0) is 46.1. The third-order valence-corrected chi connectivity index (χ3v) is 11.4. The van der Waals surface area contributed by atoms with Gasteiger partial charge in [0.25, 0.3) is 5.69 Å². The number of nitro groups is 1. The fraction of sp³-hybridized carbons (Fsp3) is 0.702. The summed E-state index contributed by atoms with van der Waals surface area (Å²) in [6, 6.07) is 5.72. The van der Waals surface area contributed by atoms with Gasteiger partial charge in [0, 0.05) is 43.8 Å². The Morgan fingerprint density at radius 1 is 0.984 bits per heavy atom. The van der Waals surface area contributed by atoms with Crippen molar-refractivity contribution in [1.82, 2.24) is 0 Å². The van der Waals surface area contributed by atoms with E-state index in [1.807, 2.05) is 65.8 Å². The van der Waals surface area contributed by atoms with Crippen LogP contribution in [0.1, 0.15) is 109 Å². The van der Waals surface area contributed by atoms with E-state index in [-0.39, 0.29) is 55.0 Å². The summed E-state index contributed by atoms with van der Waals surface area (Å²) in [5, 5.41) is 22.0. The molecule has 14 unspecified atom stereocenters. The largest absolute Gasteiger partial charge is 0.483 e. The molecule has 0 spiro atoms. The molecular weight excluding hydrogens is 803 g/mol. The maximum atomic E-state index is 14.1. The van der Waals surface area contributed by atoms with Crippen molar-refractivity contribution in [3.63, 3.8) is 0 Å². The van der Waals surface area contributed by atoms with Gasteiger partial charge in [-0.2, -0.15) is 0 Å². The molecule has 1 aromatic carbocycles. The van der Waals surface area contributed by atoms with Crippen LogP contribution in [-0.2, 0) is 47.5 Å². The van der Waals surface area contributed by atoms with Crippen molar-refractivity contribution in [3.8, 4) is 5.75 Å². The fourth-order valence-electron chi connectivity index (χ4n) is 8.01. The van der Waals surface area contributed by atoms with Crippen molar-refractivity contribution < 1.29 is 62.3 Å². The van der Waals surface area contributed by atoms with Crippen molar-refractivity contribution in [2.45, 2.75) is 170 Å². The quantitative estimate of drug-likeness (QED) is 0.0152. The lowest BCUT2D eigenvalue weighted by Gasteiger charge is -2.40. The summed E-state index contributed by atoms with van der Waals surface area (Å²) < 4.78 is 54.7. The molecule has 2 aliphatic rings. The molecule has 1 aromatic rings. The molecule has 0 bridgehead atoms. The van der Waals surface area contributed by atoms with Crippen LogP contribution in [0.2, 0.25) is 0 Å². The number of cyclic esters (lactones) is 1. The Labute approximate surface area is 368 Å². The minimum atomic E-state index is -1.71. The molecule has 14 atom stereocenters. The zero-order valence-corrected chi connectivity index (χ0v) is 38.9. The number of carbonyl (C=O) groups excluding carboxylic acids is 1. The lowest BCUT2D eigenvalue weighted by atomic mass is 9.86. The third kappa shape index (κ3) is 16.1. The van der Waals surface area contributed by atoms with E-state index < -0.39 is 65.2 Å².